The molecule has 0 radical (unpaired) electrons. The molecule has 0 amide bonds. The molecule has 19 heavy (non-hydrogen) atoms. The summed E-state index contributed by atoms with van der Waals surface area (Å²) in [5, 5.41) is 4.77. The summed E-state index contributed by atoms with van der Waals surface area (Å²) in [5.41, 5.74) is 1.31. The van der Waals surface area contributed by atoms with Crippen LogP contribution in [-0.4, -0.2) is 30.4 Å². The smallest absolute Gasteiger partial charge is 0.0518 e. The molecule has 1 aromatic heterocycles. The van der Waals surface area contributed by atoms with E-state index in [2.05, 4.69) is 60.3 Å². The van der Waals surface area contributed by atoms with E-state index >= 15 is 0 Å². The topological polar surface area (TPSA) is 26.2 Å². The maximum Gasteiger partial charge on any atom is 0.0518 e. The molecule has 0 unspecified atom stereocenters. The molecule has 104 valence electrons. The fourth-order valence-electron chi connectivity index (χ4n) is 2.18. The molecule has 0 bridgehead atoms. The minimum absolute atomic E-state index is 0.339. The second-order valence-electron chi connectivity index (χ2n) is 5.09. The van der Waals surface area contributed by atoms with Crippen LogP contribution >= 0.6 is 0 Å². The van der Waals surface area contributed by atoms with Crippen molar-refractivity contribution in [1.29, 1.82) is 0 Å². The lowest BCUT2D eigenvalue weighted by molar-refractivity contribution is 0.0771. The summed E-state index contributed by atoms with van der Waals surface area (Å²) in [5.74, 6) is 0. The summed E-state index contributed by atoms with van der Waals surface area (Å²) in [6.45, 7) is 8.02. The highest BCUT2D eigenvalue weighted by molar-refractivity contribution is 5.79. The predicted molar refractivity (Wildman–Crippen MR) is 80.5 cm³/mol. The molecule has 1 heterocycles. The first-order valence-electron chi connectivity index (χ1n) is 7.13. The molecule has 0 fully saturated rings. The SMILES string of the molecule is CC(C)OCCCNCCn1ccc2ccccc21. The zero-order chi connectivity index (χ0) is 13.5. The lowest BCUT2D eigenvalue weighted by Gasteiger charge is -2.09. The van der Waals surface area contributed by atoms with Crippen molar-refractivity contribution in [1.82, 2.24) is 9.88 Å². The number of nitrogens with zero attached hydrogens (tertiary/aromatic N) is 1. The van der Waals surface area contributed by atoms with Crippen LogP contribution in [-0.2, 0) is 11.3 Å². The van der Waals surface area contributed by atoms with Gasteiger partial charge in [-0.3, -0.25) is 0 Å². The number of fused-ring (bicyclic) bond motifs is 1. The van der Waals surface area contributed by atoms with Crippen LogP contribution in [0, 0.1) is 0 Å². The number of nitrogens with one attached hydrogen (secondary N) is 1. The van der Waals surface area contributed by atoms with E-state index in [4.69, 9.17) is 4.74 Å². The third kappa shape index (κ3) is 4.37. The van der Waals surface area contributed by atoms with Crippen molar-refractivity contribution in [2.24, 2.45) is 0 Å². The highest BCUT2D eigenvalue weighted by Gasteiger charge is 1.99. The Labute approximate surface area is 115 Å². The highest BCUT2D eigenvalue weighted by Crippen LogP contribution is 2.14. The standard InChI is InChI=1S/C16H24N2O/c1-14(2)19-13-5-9-17-10-12-18-11-8-15-6-3-4-7-16(15)18/h3-4,6-8,11,14,17H,5,9-10,12-13H2,1-2H3. The second-order valence-corrected chi connectivity index (χ2v) is 5.09. The van der Waals surface area contributed by atoms with Gasteiger partial charge >= 0.3 is 0 Å². The Bertz CT molecular complexity index is 490. The van der Waals surface area contributed by atoms with Crippen LogP contribution < -0.4 is 5.32 Å². The summed E-state index contributed by atoms with van der Waals surface area (Å²) in [6, 6.07) is 10.7. The molecule has 0 atom stereocenters. The first-order chi connectivity index (χ1) is 9.27. The summed E-state index contributed by atoms with van der Waals surface area (Å²) in [4.78, 5) is 0. The number of hydrogen-bond acceptors (Lipinski definition) is 2. The monoisotopic (exact) mass is 260 g/mol. The van der Waals surface area contributed by atoms with Gasteiger partial charge in [-0.05, 0) is 44.3 Å². The summed E-state index contributed by atoms with van der Waals surface area (Å²) >= 11 is 0. The number of para-hydroxylation sites is 1. The molecule has 0 aliphatic carbocycles. The highest BCUT2D eigenvalue weighted by atomic mass is 16.5. The van der Waals surface area contributed by atoms with E-state index in [0.29, 0.717) is 6.10 Å². The van der Waals surface area contributed by atoms with Gasteiger partial charge in [-0.25, -0.2) is 0 Å². The van der Waals surface area contributed by atoms with E-state index in [1.165, 1.54) is 10.9 Å². The average Bonchev–Trinajstić information content (AvgIpc) is 2.81. The van der Waals surface area contributed by atoms with Crippen LogP contribution in [0.2, 0.25) is 0 Å². The van der Waals surface area contributed by atoms with E-state index in [9.17, 15) is 0 Å². The van der Waals surface area contributed by atoms with Crippen LogP contribution in [0.25, 0.3) is 10.9 Å². The second kappa shape index (κ2) is 7.31. The number of aromatic nitrogens is 1. The molecule has 1 N–H and O–H groups in total. The quantitative estimate of drug-likeness (QED) is 0.738. The molecule has 3 heteroatoms. The Balaban J connectivity index is 1.66. The molecule has 0 aliphatic rings. The van der Waals surface area contributed by atoms with Crippen molar-refractivity contribution in [3.8, 4) is 0 Å². The molecule has 0 saturated carbocycles. The normalized spacial score (nSPS) is 11.5. The summed E-state index contributed by atoms with van der Waals surface area (Å²) < 4.78 is 7.81. The van der Waals surface area contributed by atoms with Crippen molar-refractivity contribution >= 4 is 10.9 Å². The zero-order valence-electron chi connectivity index (χ0n) is 11.9. The summed E-state index contributed by atoms with van der Waals surface area (Å²) in [7, 11) is 0. The first kappa shape index (κ1) is 14.1. The maximum absolute atomic E-state index is 5.51. The van der Waals surface area contributed by atoms with Gasteiger partial charge in [0.1, 0.15) is 0 Å². The van der Waals surface area contributed by atoms with Gasteiger partial charge in [-0.15, -0.1) is 0 Å². The minimum atomic E-state index is 0.339. The van der Waals surface area contributed by atoms with Gasteiger partial charge in [0.2, 0.25) is 0 Å². The van der Waals surface area contributed by atoms with E-state index in [1.807, 2.05) is 0 Å². The first-order valence-corrected chi connectivity index (χ1v) is 7.13. The molecule has 3 nitrogen and oxygen atoms in total. The van der Waals surface area contributed by atoms with Crippen LogP contribution in [0.4, 0.5) is 0 Å². The lowest BCUT2D eigenvalue weighted by atomic mass is 10.2. The largest absolute Gasteiger partial charge is 0.379 e. The van der Waals surface area contributed by atoms with Crippen LogP contribution in [0.15, 0.2) is 36.5 Å². The molecule has 1 aromatic carbocycles. The molecule has 0 saturated heterocycles. The summed E-state index contributed by atoms with van der Waals surface area (Å²) in [6.07, 6.45) is 3.57. The van der Waals surface area contributed by atoms with Gasteiger partial charge < -0.3 is 14.6 Å². The fraction of sp³-hybridized carbons (Fsp3) is 0.500. The van der Waals surface area contributed by atoms with Gasteiger partial charge in [0.05, 0.1) is 6.10 Å². The molecular formula is C16H24N2O. The third-order valence-electron chi connectivity index (χ3n) is 3.16. The zero-order valence-corrected chi connectivity index (χ0v) is 11.9. The van der Waals surface area contributed by atoms with Crippen LogP contribution in [0.3, 0.4) is 0 Å². The minimum Gasteiger partial charge on any atom is -0.379 e. The van der Waals surface area contributed by atoms with Gasteiger partial charge in [-0.1, -0.05) is 18.2 Å². The fourth-order valence-corrected chi connectivity index (χ4v) is 2.18. The van der Waals surface area contributed by atoms with E-state index < -0.39 is 0 Å². The molecule has 2 rings (SSSR count). The van der Waals surface area contributed by atoms with Gasteiger partial charge in [0.25, 0.3) is 0 Å². The Morgan fingerprint density at radius 3 is 2.84 bits per heavy atom. The molecule has 2 aromatic rings. The lowest BCUT2D eigenvalue weighted by Crippen LogP contribution is -2.22. The maximum atomic E-state index is 5.51. The van der Waals surface area contributed by atoms with Crippen molar-refractivity contribution < 1.29 is 4.74 Å². The molecule has 0 spiro atoms. The van der Waals surface area contributed by atoms with Gasteiger partial charge in [0, 0.05) is 31.4 Å². The van der Waals surface area contributed by atoms with Crippen molar-refractivity contribution in [2.75, 3.05) is 19.7 Å². The molecule has 0 aliphatic heterocycles. The van der Waals surface area contributed by atoms with Gasteiger partial charge in [0.15, 0.2) is 0 Å². The Morgan fingerprint density at radius 1 is 1.16 bits per heavy atom. The Hall–Kier alpha value is -1.32. The van der Waals surface area contributed by atoms with Crippen LogP contribution in [0.5, 0.6) is 0 Å². The number of ether oxygens (including phenoxy) is 1. The number of benzene rings is 1. The number of hydrogen-bond donors (Lipinski definition) is 1. The Kier molecular flexibility index (Phi) is 5.43. The van der Waals surface area contributed by atoms with Crippen molar-refractivity contribution in [2.45, 2.75) is 32.9 Å². The van der Waals surface area contributed by atoms with E-state index in [-0.39, 0.29) is 0 Å². The van der Waals surface area contributed by atoms with E-state index in [1.54, 1.807) is 0 Å². The van der Waals surface area contributed by atoms with Gasteiger partial charge in [-0.2, -0.15) is 0 Å². The predicted octanol–water partition coefficient (Wildman–Crippen LogP) is 3.05. The van der Waals surface area contributed by atoms with Crippen molar-refractivity contribution in [3.63, 3.8) is 0 Å². The van der Waals surface area contributed by atoms with Crippen LogP contribution in [0.1, 0.15) is 20.3 Å². The van der Waals surface area contributed by atoms with E-state index in [0.717, 1.165) is 32.7 Å². The van der Waals surface area contributed by atoms with Crippen molar-refractivity contribution in [3.05, 3.63) is 36.5 Å². The number of rotatable bonds is 8. The Morgan fingerprint density at radius 2 is 2.00 bits per heavy atom. The molecular weight excluding hydrogens is 236 g/mol. The average molecular weight is 260 g/mol. The third-order valence-corrected chi connectivity index (χ3v) is 3.16.